The predicted molar refractivity (Wildman–Crippen MR) is 101 cm³/mol. The molecular formula is C20H17NO4S. The number of nitrogens with zero attached hydrogens (tertiary/aromatic N) is 1. The summed E-state index contributed by atoms with van der Waals surface area (Å²) in [6.45, 7) is 0. The summed E-state index contributed by atoms with van der Waals surface area (Å²) >= 11 is 0. The number of aromatic hydroxyl groups is 2. The molecule has 0 spiro atoms. The Bertz CT molecular complexity index is 1050. The van der Waals surface area contributed by atoms with Crippen LogP contribution in [0.5, 0.6) is 11.5 Å². The molecule has 4 rings (SSSR count). The highest BCUT2D eigenvalue weighted by Crippen LogP contribution is 2.43. The van der Waals surface area contributed by atoms with Crippen LogP contribution in [0.3, 0.4) is 0 Å². The maximum atomic E-state index is 12.3. The van der Waals surface area contributed by atoms with Crippen LogP contribution < -0.4 is 4.31 Å². The van der Waals surface area contributed by atoms with Crippen molar-refractivity contribution >= 4 is 15.7 Å². The molecule has 0 aromatic heterocycles. The summed E-state index contributed by atoms with van der Waals surface area (Å²) in [5.74, 6) is -0.255. The molecule has 0 aliphatic carbocycles. The lowest BCUT2D eigenvalue weighted by Crippen LogP contribution is -2.50. The van der Waals surface area contributed by atoms with E-state index in [0.29, 0.717) is 11.3 Å². The summed E-state index contributed by atoms with van der Waals surface area (Å²) in [6.07, 6.45) is 0. The van der Waals surface area contributed by atoms with Crippen molar-refractivity contribution in [2.24, 2.45) is 0 Å². The maximum Gasteiger partial charge on any atom is 0.238 e. The van der Waals surface area contributed by atoms with Gasteiger partial charge in [0.2, 0.25) is 10.0 Å². The fourth-order valence-electron chi connectivity index (χ4n) is 3.26. The van der Waals surface area contributed by atoms with Crippen molar-refractivity contribution in [1.29, 1.82) is 0 Å². The molecule has 3 aromatic rings. The third kappa shape index (κ3) is 2.78. The Balaban J connectivity index is 1.68. The third-order valence-electron chi connectivity index (χ3n) is 4.55. The zero-order valence-corrected chi connectivity index (χ0v) is 14.6. The van der Waals surface area contributed by atoms with Crippen LogP contribution in [0.15, 0.2) is 72.8 Å². The number of hydrogen-bond acceptors (Lipinski definition) is 4. The topological polar surface area (TPSA) is 77.8 Å². The van der Waals surface area contributed by atoms with Gasteiger partial charge in [-0.1, -0.05) is 42.5 Å². The molecule has 2 N–H and O–H groups in total. The van der Waals surface area contributed by atoms with E-state index in [1.807, 2.05) is 42.5 Å². The molecule has 1 aliphatic rings. The minimum atomic E-state index is -3.42. The second-order valence-corrected chi connectivity index (χ2v) is 8.14. The molecule has 0 bridgehead atoms. The summed E-state index contributed by atoms with van der Waals surface area (Å²) < 4.78 is 26.0. The number of anilines is 1. The lowest BCUT2D eigenvalue weighted by molar-refractivity contribution is 0.441. The molecule has 6 heteroatoms. The van der Waals surface area contributed by atoms with Gasteiger partial charge in [0.15, 0.2) is 0 Å². The average Bonchev–Trinajstić information content (AvgIpc) is 2.62. The molecule has 5 nitrogen and oxygen atoms in total. The first-order valence-corrected chi connectivity index (χ1v) is 9.76. The molecular weight excluding hydrogens is 350 g/mol. The third-order valence-corrected chi connectivity index (χ3v) is 6.35. The fourth-order valence-corrected chi connectivity index (χ4v) is 4.91. The zero-order chi connectivity index (χ0) is 18.3. The highest BCUT2D eigenvalue weighted by Gasteiger charge is 2.45. The molecule has 1 atom stereocenters. The molecule has 1 unspecified atom stereocenters. The van der Waals surface area contributed by atoms with Crippen molar-refractivity contribution in [3.05, 3.63) is 78.4 Å². The molecule has 0 amide bonds. The molecule has 1 saturated heterocycles. The minimum absolute atomic E-state index is 0.0628. The van der Waals surface area contributed by atoms with Crippen LogP contribution in [0.4, 0.5) is 5.69 Å². The normalized spacial score (nSPS) is 18.3. The molecule has 1 heterocycles. The Labute approximate surface area is 151 Å². The van der Waals surface area contributed by atoms with E-state index >= 15 is 0 Å². The molecule has 1 aliphatic heterocycles. The Hall–Kier alpha value is -2.99. The van der Waals surface area contributed by atoms with Crippen LogP contribution >= 0.6 is 0 Å². The molecule has 132 valence electrons. The average molecular weight is 367 g/mol. The van der Waals surface area contributed by atoms with Crippen LogP contribution in [-0.2, 0) is 10.0 Å². The Morgan fingerprint density at radius 3 is 2.12 bits per heavy atom. The standard InChI is InChI=1S/C20H17NO4S/c22-17-10-11-18(20(23)12-17)19-13-26(24,25)21(19)16-8-6-15(7-9-16)14-4-2-1-3-5-14/h1-12,19,22-23H,13H2. The van der Waals surface area contributed by atoms with Gasteiger partial charge in [-0.25, -0.2) is 8.42 Å². The van der Waals surface area contributed by atoms with Crippen LogP contribution in [0.25, 0.3) is 11.1 Å². The Kier molecular flexibility index (Phi) is 3.85. The van der Waals surface area contributed by atoms with E-state index in [4.69, 9.17) is 0 Å². The van der Waals surface area contributed by atoms with E-state index < -0.39 is 16.1 Å². The molecule has 26 heavy (non-hydrogen) atoms. The van der Waals surface area contributed by atoms with Crippen molar-refractivity contribution in [2.75, 3.05) is 10.1 Å². The Morgan fingerprint density at radius 1 is 0.846 bits per heavy atom. The van der Waals surface area contributed by atoms with E-state index in [-0.39, 0.29) is 17.3 Å². The van der Waals surface area contributed by atoms with Gasteiger partial charge in [0, 0.05) is 11.6 Å². The molecule has 0 radical (unpaired) electrons. The summed E-state index contributed by atoms with van der Waals surface area (Å²) in [7, 11) is -3.42. The molecule has 3 aromatic carbocycles. The monoisotopic (exact) mass is 367 g/mol. The Morgan fingerprint density at radius 2 is 1.50 bits per heavy atom. The number of sulfonamides is 1. The van der Waals surface area contributed by atoms with E-state index in [1.165, 1.54) is 16.4 Å². The summed E-state index contributed by atoms with van der Waals surface area (Å²) in [5, 5.41) is 19.5. The van der Waals surface area contributed by atoms with Gasteiger partial charge in [-0.2, -0.15) is 0 Å². The highest BCUT2D eigenvalue weighted by atomic mass is 32.2. The van der Waals surface area contributed by atoms with Crippen molar-refractivity contribution in [1.82, 2.24) is 0 Å². The minimum Gasteiger partial charge on any atom is -0.508 e. The fraction of sp³-hybridized carbons (Fsp3) is 0.100. The van der Waals surface area contributed by atoms with Gasteiger partial charge in [-0.15, -0.1) is 0 Å². The number of phenols is 2. The van der Waals surface area contributed by atoms with Crippen LogP contribution in [-0.4, -0.2) is 24.4 Å². The maximum absolute atomic E-state index is 12.3. The van der Waals surface area contributed by atoms with Gasteiger partial charge >= 0.3 is 0 Å². The summed E-state index contributed by atoms with van der Waals surface area (Å²) in [5.41, 5.74) is 3.08. The van der Waals surface area contributed by atoms with Crippen molar-refractivity contribution in [3.63, 3.8) is 0 Å². The molecule has 0 saturated carbocycles. The van der Waals surface area contributed by atoms with Gasteiger partial charge in [0.25, 0.3) is 0 Å². The quantitative estimate of drug-likeness (QED) is 0.741. The summed E-state index contributed by atoms with van der Waals surface area (Å²) in [6, 6.07) is 20.9. The SMILES string of the molecule is O=S1(=O)CC(c2ccc(O)cc2O)N1c1ccc(-c2ccccc2)cc1. The highest BCUT2D eigenvalue weighted by molar-refractivity contribution is 7.94. The lowest BCUT2D eigenvalue weighted by atomic mass is 10.0. The molecule has 1 fully saturated rings. The first-order valence-electron chi connectivity index (χ1n) is 8.15. The van der Waals surface area contributed by atoms with Gasteiger partial charge in [-0.05, 0) is 35.4 Å². The van der Waals surface area contributed by atoms with Gasteiger partial charge in [-0.3, -0.25) is 4.31 Å². The van der Waals surface area contributed by atoms with Crippen molar-refractivity contribution in [3.8, 4) is 22.6 Å². The van der Waals surface area contributed by atoms with E-state index in [2.05, 4.69) is 0 Å². The van der Waals surface area contributed by atoms with Crippen molar-refractivity contribution < 1.29 is 18.6 Å². The number of benzene rings is 3. The number of hydrogen-bond donors (Lipinski definition) is 2. The van der Waals surface area contributed by atoms with Gasteiger partial charge in [0.1, 0.15) is 11.5 Å². The number of rotatable bonds is 3. The van der Waals surface area contributed by atoms with E-state index in [1.54, 1.807) is 18.2 Å². The van der Waals surface area contributed by atoms with Crippen LogP contribution in [0.2, 0.25) is 0 Å². The first-order chi connectivity index (χ1) is 12.5. The smallest absolute Gasteiger partial charge is 0.238 e. The van der Waals surface area contributed by atoms with Crippen LogP contribution in [0, 0.1) is 0 Å². The lowest BCUT2D eigenvalue weighted by Gasteiger charge is -2.41. The van der Waals surface area contributed by atoms with Crippen molar-refractivity contribution in [2.45, 2.75) is 6.04 Å². The second kappa shape index (κ2) is 6.07. The zero-order valence-electron chi connectivity index (χ0n) is 13.8. The largest absolute Gasteiger partial charge is 0.508 e. The van der Waals surface area contributed by atoms with E-state index in [9.17, 15) is 18.6 Å². The van der Waals surface area contributed by atoms with Gasteiger partial charge in [0.05, 0.1) is 17.5 Å². The summed E-state index contributed by atoms with van der Waals surface area (Å²) in [4.78, 5) is 0. The van der Waals surface area contributed by atoms with Gasteiger partial charge < -0.3 is 10.2 Å². The van der Waals surface area contributed by atoms with Crippen LogP contribution in [0.1, 0.15) is 11.6 Å². The second-order valence-electron chi connectivity index (χ2n) is 6.25. The predicted octanol–water partition coefficient (Wildman–Crippen LogP) is 3.66. The number of phenolic OH excluding ortho intramolecular Hbond substituents is 2. The van der Waals surface area contributed by atoms with E-state index in [0.717, 1.165) is 11.1 Å². The first kappa shape index (κ1) is 16.5.